The Morgan fingerprint density at radius 1 is 1.00 bits per heavy atom. The fourth-order valence-corrected chi connectivity index (χ4v) is 1.49. The zero-order valence-electron chi connectivity index (χ0n) is 9.94. The van der Waals surface area contributed by atoms with E-state index < -0.39 is 17.6 Å². The van der Waals surface area contributed by atoms with Crippen molar-refractivity contribution in [1.82, 2.24) is 9.97 Å². The third-order valence-corrected chi connectivity index (χ3v) is 2.30. The van der Waals surface area contributed by atoms with Crippen molar-refractivity contribution in [2.45, 2.75) is 0 Å². The molecule has 0 aliphatic carbocycles. The van der Waals surface area contributed by atoms with Gasteiger partial charge in [-0.25, -0.2) is 14.8 Å². The van der Waals surface area contributed by atoms with E-state index in [1.165, 1.54) is 12.4 Å². The summed E-state index contributed by atoms with van der Waals surface area (Å²) in [4.78, 5) is 30.1. The van der Waals surface area contributed by atoms with E-state index in [1.54, 1.807) is 0 Å². The monoisotopic (exact) mass is 275 g/mol. The number of carbonyl (C=O) groups is 2. The molecule has 8 heteroatoms. The fraction of sp³-hybridized carbons (Fsp3) is 0. The number of rotatable bonds is 3. The largest absolute Gasteiger partial charge is 0.508 e. The van der Waals surface area contributed by atoms with E-state index in [0.29, 0.717) is 0 Å². The number of carbonyl (C=O) groups excluding carboxylic acids is 1. The Morgan fingerprint density at radius 2 is 1.60 bits per heavy atom. The number of anilines is 1. The van der Waals surface area contributed by atoms with Crippen molar-refractivity contribution in [1.29, 1.82) is 0 Å². The molecule has 102 valence electrons. The number of carboxylic acids is 1. The van der Waals surface area contributed by atoms with Gasteiger partial charge in [0.25, 0.3) is 5.91 Å². The van der Waals surface area contributed by atoms with Gasteiger partial charge in [0.05, 0.1) is 0 Å². The second-order valence-electron chi connectivity index (χ2n) is 3.75. The van der Waals surface area contributed by atoms with Crippen LogP contribution in [0.15, 0.2) is 30.6 Å². The topological polar surface area (TPSA) is 133 Å². The Balaban J connectivity index is 2.30. The maximum absolute atomic E-state index is 11.9. The Morgan fingerprint density at radius 3 is 2.20 bits per heavy atom. The van der Waals surface area contributed by atoms with Crippen LogP contribution in [0.3, 0.4) is 0 Å². The predicted molar refractivity (Wildman–Crippen MR) is 66.7 cm³/mol. The summed E-state index contributed by atoms with van der Waals surface area (Å²) >= 11 is 0. The minimum Gasteiger partial charge on any atom is -0.508 e. The lowest BCUT2D eigenvalue weighted by Crippen LogP contribution is -2.17. The first-order valence-corrected chi connectivity index (χ1v) is 5.36. The summed E-state index contributed by atoms with van der Waals surface area (Å²) < 4.78 is 0. The van der Waals surface area contributed by atoms with Gasteiger partial charge in [-0.05, 0) is 12.1 Å². The number of hydrogen-bond acceptors (Lipinski definition) is 6. The van der Waals surface area contributed by atoms with Crippen molar-refractivity contribution in [3.63, 3.8) is 0 Å². The van der Waals surface area contributed by atoms with Crippen LogP contribution in [0, 0.1) is 0 Å². The van der Waals surface area contributed by atoms with Gasteiger partial charge in [0.2, 0.25) is 0 Å². The number of phenolic OH excluding ortho intramolecular Hbond substituents is 2. The second kappa shape index (κ2) is 5.22. The minimum atomic E-state index is -1.34. The maximum Gasteiger partial charge on any atom is 0.358 e. The first-order chi connectivity index (χ1) is 9.47. The van der Waals surface area contributed by atoms with Gasteiger partial charge in [-0.3, -0.25) is 4.79 Å². The normalized spacial score (nSPS) is 10.0. The van der Waals surface area contributed by atoms with Crippen LogP contribution in [-0.2, 0) is 0 Å². The van der Waals surface area contributed by atoms with Gasteiger partial charge >= 0.3 is 5.97 Å². The quantitative estimate of drug-likeness (QED) is 0.652. The average Bonchev–Trinajstić information content (AvgIpc) is 2.37. The highest BCUT2D eigenvalue weighted by atomic mass is 16.4. The van der Waals surface area contributed by atoms with E-state index in [9.17, 15) is 19.8 Å². The second-order valence-corrected chi connectivity index (χ2v) is 3.75. The van der Waals surface area contributed by atoms with E-state index in [1.807, 2.05) is 0 Å². The number of carboxylic acid groups (broad SMARTS) is 1. The molecule has 0 spiro atoms. The van der Waals surface area contributed by atoms with Gasteiger partial charge in [0.15, 0.2) is 11.5 Å². The number of nitrogens with one attached hydrogen (secondary N) is 1. The molecular weight excluding hydrogens is 266 g/mol. The van der Waals surface area contributed by atoms with Crippen LogP contribution < -0.4 is 5.32 Å². The molecule has 8 nitrogen and oxygen atoms in total. The first kappa shape index (κ1) is 13.3. The van der Waals surface area contributed by atoms with Crippen molar-refractivity contribution in [2.24, 2.45) is 0 Å². The molecule has 20 heavy (non-hydrogen) atoms. The highest BCUT2D eigenvalue weighted by molar-refractivity contribution is 6.06. The van der Waals surface area contributed by atoms with Gasteiger partial charge in [0.1, 0.15) is 11.5 Å². The molecule has 2 aromatic rings. The summed E-state index contributed by atoms with van der Waals surface area (Å²) in [5.74, 6) is -2.90. The van der Waals surface area contributed by atoms with Crippen molar-refractivity contribution in [3.8, 4) is 11.5 Å². The molecule has 0 aliphatic rings. The molecule has 1 aromatic heterocycles. The molecular formula is C12H9N3O5. The Hall–Kier alpha value is -3.16. The van der Waals surface area contributed by atoms with Crippen molar-refractivity contribution in [3.05, 3.63) is 41.9 Å². The molecule has 0 atom stereocenters. The molecule has 0 unspecified atom stereocenters. The number of aromatic carboxylic acids is 1. The number of phenols is 2. The SMILES string of the molecule is O=C(Nc1nccnc1C(=O)O)c1cc(O)cc(O)c1. The summed E-state index contributed by atoms with van der Waals surface area (Å²) in [6.07, 6.45) is 2.40. The van der Waals surface area contributed by atoms with Gasteiger partial charge in [-0.1, -0.05) is 0 Å². The lowest BCUT2D eigenvalue weighted by molar-refractivity contribution is 0.0691. The standard InChI is InChI=1S/C12H9N3O5/c16-7-3-6(4-8(17)5-7)11(18)15-10-9(12(19)20)13-1-2-14-10/h1-5,16-17H,(H,19,20)(H,14,15,18). The van der Waals surface area contributed by atoms with Crippen LogP contribution >= 0.6 is 0 Å². The molecule has 2 rings (SSSR count). The van der Waals surface area contributed by atoms with Crippen molar-refractivity contribution in [2.75, 3.05) is 5.32 Å². The minimum absolute atomic E-state index is 0.0514. The van der Waals surface area contributed by atoms with Gasteiger partial charge < -0.3 is 20.6 Å². The van der Waals surface area contributed by atoms with E-state index in [2.05, 4.69) is 15.3 Å². The van der Waals surface area contributed by atoms with E-state index in [4.69, 9.17) is 5.11 Å². The van der Waals surface area contributed by atoms with E-state index >= 15 is 0 Å². The van der Waals surface area contributed by atoms with Gasteiger partial charge in [-0.2, -0.15) is 0 Å². The summed E-state index contributed by atoms with van der Waals surface area (Å²) in [6.45, 7) is 0. The zero-order chi connectivity index (χ0) is 14.7. The van der Waals surface area contributed by atoms with Crippen LogP contribution in [0.2, 0.25) is 0 Å². The van der Waals surface area contributed by atoms with Crippen LogP contribution in [0.4, 0.5) is 5.82 Å². The van der Waals surface area contributed by atoms with E-state index in [-0.39, 0.29) is 22.9 Å². The molecule has 1 heterocycles. The summed E-state index contributed by atoms with van der Waals surface area (Å²) in [5, 5.41) is 29.7. The van der Waals surface area contributed by atoms with Crippen molar-refractivity contribution < 1.29 is 24.9 Å². The number of aromatic hydroxyl groups is 2. The maximum atomic E-state index is 11.9. The van der Waals surface area contributed by atoms with Gasteiger partial charge in [-0.15, -0.1) is 0 Å². The summed E-state index contributed by atoms with van der Waals surface area (Å²) in [5.41, 5.74) is -0.463. The molecule has 0 bridgehead atoms. The number of amides is 1. The molecule has 0 aliphatic heterocycles. The first-order valence-electron chi connectivity index (χ1n) is 5.36. The Kier molecular flexibility index (Phi) is 3.47. The van der Waals surface area contributed by atoms with Crippen LogP contribution in [0.25, 0.3) is 0 Å². The highest BCUT2D eigenvalue weighted by Gasteiger charge is 2.16. The lowest BCUT2D eigenvalue weighted by Gasteiger charge is -2.07. The molecule has 0 fully saturated rings. The molecule has 0 saturated heterocycles. The molecule has 0 radical (unpaired) electrons. The lowest BCUT2D eigenvalue weighted by atomic mass is 10.2. The average molecular weight is 275 g/mol. The van der Waals surface area contributed by atoms with E-state index in [0.717, 1.165) is 18.2 Å². The molecule has 1 aromatic carbocycles. The zero-order valence-corrected chi connectivity index (χ0v) is 9.94. The van der Waals surface area contributed by atoms with Gasteiger partial charge in [0, 0.05) is 24.0 Å². The van der Waals surface area contributed by atoms with Crippen molar-refractivity contribution >= 4 is 17.7 Å². The van der Waals surface area contributed by atoms with Crippen LogP contribution in [0.5, 0.6) is 11.5 Å². The van der Waals surface area contributed by atoms with Crippen LogP contribution in [0.1, 0.15) is 20.8 Å². The summed E-state index contributed by atoms with van der Waals surface area (Å²) in [7, 11) is 0. The number of hydrogen-bond donors (Lipinski definition) is 4. The fourth-order valence-electron chi connectivity index (χ4n) is 1.49. The Bertz CT molecular complexity index is 666. The third-order valence-electron chi connectivity index (χ3n) is 2.30. The number of nitrogens with zero attached hydrogens (tertiary/aromatic N) is 2. The van der Waals surface area contributed by atoms with Crippen LogP contribution in [-0.4, -0.2) is 37.2 Å². The molecule has 1 amide bonds. The molecule has 4 N–H and O–H groups in total. The smallest absolute Gasteiger partial charge is 0.358 e. The highest BCUT2D eigenvalue weighted by Crippen LogP contribution is 2.21. The number of benzene rings is 1. The predicted octanol–water partition coefficient (Wildman–Crippen LogP) is 0.838. The third kappa shape index (κ3) is 2.80. The number of aromatic nitrogens is 2. The Labute approximate surface area is 112 Å². The summed E-state index contributed by atoms with van der Waals surface area (Å²) in [6, 6.07) is 3.29. The molecule has 0 saturated carbocycles.